The van der Waals surface area contributed by atoms with Gasteiger partial charge in [-0.25, -0.2) is 0 Å². The molecule has 0 fully saturated rings. The van der Waals surface area contributed by atoms with Gasteiger partial charge in [-0.05, 0) is 42.3 Å². The molecule has 0 saturated carbocycles. The molecule has 144 valence electrons. The Bertz CT molecular complexity index is 1100. The lowest BCUT2D eigenvalue weighted by atomic mass is 10.1. The minimum absolute atomic E-state index is 0.134. The number of ether oxygens (including phenoxy) is 1. The molecular weight excluding hydrogens is 378 g/mol. The zero-order valence-corrected chi connectivity index (χ0v) is 16.5. The second kappa shape index (κ2) is 8.18. The van der Waals surface area contributed by atoms with E-state index >= 15 is 0 Å². The molecule has 1 amide bonds. The number of aryl methyl sites for hydroxylation is 1. The molecule has 0 radical (unpaired) electrons. The summed E-state index contributed by atoms with van der Waals surface area (Å²) in [5, 5.41) is 10.9. The van der Waals surface area contributed by atoms with Crippen molar-refractivity contribution in [3.8, 4) is 17.0 Å². The fourth-order valence-corrected chi connectivity index (χ4v) is 3.93. The highest BCUT2D eigenvalue weighted by atomic mass is 32.1. The van der Waals surface area contributed by atoms with E-state index in [1.165, 1.54) is 35.6 Å². The number of nitrogens with zero attached hydrogens (tertiary/aromatic N) is 3. The molecule has 0 N–H and O–H groups in total. The number of thiazole rings is 1. The molecule has 1 heterocycles. The highest BCUT2D eigenvalue weighted by molar-refractivity contribution is 7.09. The van der Waals surface area contributed by atoms with Gasteiger partial charge < -0.3 is 9.30 Å². The van der Waals surface area contributed by atoms with Crippen LogP contribution in [0, 0.1) is 10.1 Å². The lowest BCUT2D eigenvalue weighted by Crippen LogP contribution is -2.14. The number of carbonyl (C=O) groups is 1. The maximum absolute atomic E-state index is 12.6. The van der Waals surface area contributed by atoms with E-state index in [1.807, 2.05) is 42.8 Å². The van der Waals surface area contributed by atoms with Gasteiger partial charge in [0, 0.05) is 29.6 Å². The molecule has 28 heavy (non-hydrogen) atoms. The molecule has 0 unspecified atom stereocenters. The molecule has 0 saturated heterocycles. The Labute approximate surface area is 165 Å². The molecule has 1 aromatic heterocycles. The maximum atomic E-state index is 12.6. The lowest BCUT2D eigenvalue weighted by Gasteiger charge is -2.07. The second-order valence-electron chi connectivity index (χ2n) is 6.02. The predicted molar refractivity (Wildman–Crippen MR) is 108 cm³/mol. The van der Waals surface area contributed by atoms with Crippen molar-refractivity contribution in [3.05, 3.63) is 73.9 Å². The van der Waals surface area contributed by atoms with Crippen molar-refractivity contribution < 1.29 is 14.5 Å². The molecule has 2 aromatic carbocycles. The van der Waals surface area contributed by atoms with Crippen LogP contribution in [0.15, 0.2) is 53.5 Å². The number of amides is 1. The number of nitro groups is 1. The Hall–Kier alpha value is -3.26. The molecule has 0 atom stereocenters. The van der Waals surface area contributed by atoms with E-state index in [0.29, 0.717) is 4.80 Å². The molecular formula is C20H19N3O4S. The first-order chi connectivity index (χ1) is 13.4. The summed E-state index contributed by atoms with van der Waals surface area (Å²) in [6.07, 6.45) is 0.792. The number of nitro benzene ring substituents is 1. The quantitative estimate of drug-likeness (QED) is 0.481. The summed E-state index contributed by atoms with van der Waals surface area (Å²) in [7, 11) is 3.47. The number of hydrogen-bond donors (Lipinski definition) is 0. The van der Waals surface area contributed by atoms with Crippen molar-refractivity contribution in [1.82, 2.24) is 4.57 Å². The summed E-state index contributed by atoms with van der Waals surface area (Å²) >= 11 is 1.43. The monoisotopic (exact) mass is 397 g/mol. The van der Waals surface area contributed by atoms with Crippen LogP contribution < -0.4 is 9.54 Å². The summed E-state index contributed by atoms with van der Waals surface area (Å²) in [6, 6.07) is 13.3. The van der Waals surface area contributed by atoms with Crippen molar-refractivity contribution in [3.63, 3.8) is 0 Å². The summed E-state index contributed by atoms with van der Waals surface area (Å²) in [6.45, 7) is 2.05. The number of benzene rings is 2. The highest BCUT2D eigenvalue weighted by Crippen LogP contribution is 2.27. The fourth-order valence-electron chi connectivity index (χ4n) is 2.85. The molecule has 3 rings (SSSR count). The van der Waals surface area contributed by atoms with Gasteiger partial charge in [0.2, 0.25) is 0 Å². The summed E-state index contributed by atoms with van der Waals surface area (Å²) < 4.78 is 7.09. The third-order valence-electron chi connectivity index (χ3n) is 4.29. The number of rotatable bonds is 5. The van der Waals surface area contributed by atoms with Crippen LogP contribution in [0.25, 0.3) is 11.3 Å². The topological polar surface area (TPSA) is 86.7 Å². The Balaban J connectivity index is 2.05. The predicted octanol–water partition coefficient (Wildman–Crippen LogP) is 3.97. The zero-order chi connectivity index (χ0) is 20.3. The number of non-ortho nitro benzene ring substituents is 1. The van der Waals surface area contributed by atoms with Crippen LogP contribution in [0.1, 0.15) is 22.2 Å². The third-order valence-corrected chi connectivity index (χ3v) is 5.56. The lowest BCUT2D eigenvalue weighted by molar-refractivity contribution is -0.384. The van der Waals surface area contributed by atoms with E-state index in [0.717, 1.165) is 28.3 Å². The molecule has 0 aliphatic rings. The molecule has 0 aliphatic heterocycles. The van der Waals surface area contributed by atoms with Crippen molar-refractivity contribution in [2.75, 3.05) is 7.11 Å². The number of carbonyl (C=O) groups excluding carboxylic acids is 1. The van der Waals surface area contributed by atoms with E-state index in [9.17, 15) is 14.9 Å². The number of methoxy groups -OCH3 is 1. The van der Waals surface area contributed by atoms with Gasteiger partial charge in [0.05, 0.1) is 17.7 Å². The van der Waals surface area contributed by atoms with Crippen LogP contribution in [0.5, 0.6) is 5.75 Å². The van der Waals surface area contributed by atoms with Gasteiger partial charge in [-0.15, -0.1) is 11.3 Å². The third kappa shape index (κ3) is 3.86. The molecule has 0 bridgehead atoms. The van der Waals surface area contributed by atoms with Gasteiger partial charge in [0.25, 0.3) is 11.6 Å². The minimum Gasteiger partial charge on any atom is -0.497 e. The van der Waals surface area contributed by atoms with Gasteiger partial charge >= 0.3 is 0 Å². The molecule has 3 aromatic rings. The second-order valence-corrected chi connectivity index (χ2v) is 7.08. The fraction of sp³-hybridized carbons (Fsp3) is 0.200. The zero-order valence-electron chi connectivity index (χ0n) is 15.7. The maximum Gasteiger partial charge on any atom is 0.279 e. The van der Waals surface area contributed by atoms with E-state index in [2.05, 4.69) is 4.99 Å². The van der Waals surface area contributed by atoms with Crippen molar-refractivity contribution in [2.45, 2.75) is 13.3 Å². The Morgan fingerprint density at radius 3 is 2.57 bits per heavy atom. The van der Waals surface area contributed by atoms with Gasteiger partial charge in [-0.2, -0.15) is 4.99 Å². The van der Waals surface area contributed by atoms with Crippen LogP contribution in [-0.2, 0) is 13.5 Å². The van der Waals surface area contributed by atoms with E-state index in [1.54, 1.807) is 7.11 Å². The van der Waals surface area contributed by atoms with Gasteiger partial charge in [-0.1, -0.05) is 13.0 Å². The average molecular weight is 397 g/mol. The van der Waals surface area contributed by atoms with Crippen molar-refractivity contribution in [2.24, 2.45) is 12.0 Å². The number of hydrogen-bond acceptors (Lipinski definition) is 5. The summed E-state index contributed by atoms with van der Waals surface area (Å²) in [5.74, 6) is 0.259. The van der Waals surface area contributed by atoms with Gasteiger partial charge in [-0.3, -0.25) is 14.9 Å². The SMILES string of the molecule is CCc1sc(=NC(=O)c2cccc([N+](=O)[O-])c2)n(C)c1-c1ccc(OC)cc1. The van der Waals surface area contributed by atoms with Gasteiger partial charge in [0.1, 0.15) is 5.75 Å². The van der Waals surface area contributed by atoms with Crippen molar-refractivity contribution in [1.29, 1.82) is 0 Å². The first-order valence-corrected chi connectivity index (χ1v) is 9.43. The number of aromatic nitrogens is 1. The Morgan fingerprint density at radius 1 is 1.25 bits per heavy atom. The highest BCUT2D eigenvalue weighted by Gasteiger charge is 2.15. The minimum atomic E-state index is -0.529. The first kappa shape index (κ1) is 19.5. The van der Waals surface area contributed by atoms with E-state index in [-0.39, 0.29) is 11.3 Å². The Kier molecular flexibility index (Phi) is 5.70. The molecule has 0 aliphatic carbocycles. The van der Waals surface area contributed by atoms with Crippen LogP contribution in [-0.4, -0.2) is 22.5 Å². The van der Waals surface area contributed by atoms with Crippen molar-refractivity contribution >= 4 is 22.9 Å². The molecule has 0 spiro atoms. The standard InChI is InChI=1S/C20H19N3O4S/c1-4-17-18(13-8-10-16(27-3)11-9-13)22(2)20(28-17)21-19(24)14-6-5-7-15(12-14)23(25)26/h5-12H,4H2,1-3H3. The molecule has 8 heteroatoms. The smallest absolute Gasteiger partial charge is 0.279 e. The normalized spacial score (nSPS) is 11.5. The van der Waals surface area contributed by atoms with Crippen LogP contribution >= 0.6 is 11.3 Å². The van der Waals surface area contributed by atoms with Gasteiger partial charge in [0.15, 0.2) is 4.80 Å². The van der Waals surface area contributed by atoms with E-state index in [4.69, 9.17) is 4.74 Å². The Morgan fingerprint density at radius 2 is 1.96 bits per heavy atom. The van der Waals surface area contributed by atoms with Crippen LogP contribution in [0.4, 0.5) is 5.69 Å². The largest absolute Gasteiger partial charge is 0.497 e. The average Bonchev–Trinajstić information content (AvgIpc) is 3.03. The van der Waals surface area contributed by atoms with E-state index < -0.39 is 10.8 Å². The van der Waals surface area contributed by atoms with Crippen LogP contribution in [0.3, 0.4) is 0 Å². The summed E-state index contributed by atoms with van der Waals surface area (Å²) in [5.41, 5.74) is 2.04. The molecule has 7 nitrogen and oxygen atoms in total. The first-order valence-electron chi connectivity index (χ1n) is 8.61. The van der Waals surface area contributed by atoms with Crippen LogP contribution in [0.2, 0.25) is 0 Å². The summed E-state index contributed by atoms with van der Waals surface area (Å²) in [4.78, 5) is 28.8.